The molecule has 8 heteroatoms. The lowest BCUT2D eigenvalue weighted by molar-refractivity contribution is -0.120. The Kier molecular flexibility index (Phi) is 7.26. The SMILES string of the molecule is COc1ccc(C(=O)NCC(=O)NCCc2coc(-c3ccc(C)cc3)n2)cc1OC. The molecule has 0 saturated heterocycles. The Morgan fingerprint density at radius 3 is 2.45 bits per heavy atom. The number of carbonyl (C=O) groups is 2. The van der Waals surface area contributed by atoms with Crippen LogP contribution in [-0.4, -0.2) is 44.1 Å². The fourth-order valence-electron chi connectivity index (χ4n) is 2.88. The van der Waals surface area contributed by atoms with Crippen LogP contribution in [0.2, 0.25) is 0 Å². The van der Waals surface area contributed by atoms with Crippen molar-refractivity contribution in [2.75, 3.05) is 27.3 Å². The molecule has 0 spiro atoms. The number of nitrogens with zero attached hydrogens (tertiary/aromatic N) is 1. The van der Waals surface area contributed by atoms with Gasteiger partial charge < -0.3 is 24.5 Å². The predicted molar refractivity (Wildman–Crippen MR) is 115 cm³/mol. The molecule has 2 N–H and O–H groups in total. The molecule has 0 fully saturated rings. The molecule has 2 aromatic carbocycles. The quantitative estimate of drug-likeness (QED) is 0.549. The molecule has 1 aromatic heterocycles. The highest BCUT2D eigenvalue weighted by molar-refractivity contribution is 5.97. The number of nitrogens with one attached hydrogen (secondary N) is 2. The van der Waals surface area contributed by atoms with Crippen LogP contribution in [0, 0.1) is 6.92 Å². The first-order valence-electron chi connectivity index (χ1n) is 9.78. The largest absolute Gasteiger partial charge is 0.493 e. The molecule has 0 bridgehead atoms. The van der Waals surface area contributed by atoms with E-state index in [1.165, 1.54) is 14.2 Å². The molecule has 0 radical (unpaired) electrons. The van der Waals surface area contributed by atoms with E-state index in [1.807, 2.05) is 31.2 Å². The number of aryl methyl sites for hydroxylation is 1. The van der Waals surface area contributed by atoms with Crippen LogP contribution in [0.3, 0.4) is 0 Å². The van der Waals surface area contributed by atoms with E-state index < -0.39 is 0 Å². The zero-order chi connectivity index (χ0) is 22.2. The molecule has 31 heavy (non-hydrogen) atoms. The summed E-state index contributed by atoms with van der Waals surface area (Å²) in [6, 6.07) is 12.7. The van der Waals surface area contributed by atoms with E-state index in [9.17, 15) is 9.59 Å². The van der Waals surface area contributed by atoms with Gasteiger partial charge >= 0.3 is 0 Å². The standard InChI is InChI=1S/C23H25N3O5/c1-15-4-6-16(7-5-15)23-26-18(14-31-23)10-11-24-21(27)13-25-22(28)17-8-9-19(29-2)20(12-17)30-3/h4-9,12,14H,10-11,13H2,1-3H3,(H,24,27)(H,25,28). The lowest BCUT2D eigenvalue weighted by Gasteiger charge is -2.10. The van der Waals surface area contributed by atoms with Crippen molar-refractivity contribution in [1.82, 2.24) is 15.6 Å². The van der Waals surface area contributed by atoms with Gasteiger partial charge in [0.2, 0.25) is 11.8 Å². The van der Waals surface area contributed by atoms with Crippen LogP contribution in [0.15, 0.2) is 53.1 Å². The Morgan fingerprint density at radius 2 is 1.74 bits per heavy atom. The number of carbonyl (C=O) groups excluding carboxylic acids is 2. The highest BCUT2D eigenvalue weighted by Gasteiger charge is 2.12. The Balaban J connectivity index is 1.43. The first kappa shape index (κ1) is 21.9. The third-order valence-corrected chi connectivity index (χ3v) is 4.61. The monoisotopic (exact) mass is 423 g/mol. The lowest BCUT2D eigenvalue weighted by atomic mass is 10.1. The molecule has 162 valence electrons. The minimum absolute atomic E-state index is 0.138. The maximum Gasteiger partial charge on any atom is 0.251 e. The first-order chi connectivity index (χ1) is 15.0. The van der Waals surface area contributed by atoms with Crippen LogP contribution in [0.1, 0.15) is 21.6 Å². The van der Waals surface area contributed by atoms with Gasteiger partial charge in [-0.05, 0) is 37.3 Å². The molecule has 8 nitrogen and oxygen atoms in total. The molecule has 2 amide bonds. The summed E-state index contributed by atoms with van der Waals surface area (Å²) in [5.74, 6) is 0.835. The average molecular weight is 423 g/mol. The fourth-order valence-corrected chi connectivity index (χ4v) is 2.88. The number of benzene rings is 2. The number of oxazole rings is 1. The summed E-state index contributed by atoms with van der Waals surface area (Å²) in [6.45, 7) is 2.26. The summed E-state index contributed by atoms with van der Waals surface area (Å²) in [5.41, 5.74) is 3.18. The number of methoxy groups -OCH3 is 2. The Bertz CT molecular complexity index is 1040. The highest BCUT2D eigenvalue weighted by atomic mass is 16.5. The number of aromatic nitrogens is 1. The molecule has 3 rings (SSSR count). The number of ether oxygens (including phenoxy) is 2. The zero-order valence-electron chi connectivity index (χ0n) is 17.7. The summed E-state index contributed by atoms with van der Waals surface area (Å²) in [6.07, 6.45) is 2.10. The summed E-state index contributed by atoms with van der Waals surface area (Å²) in [7, 11) is 3.01. The second-order valence-electron chi connectivity index (χ2n) is 6.86. The van der Waals surface area contributed by atoms with Gasteiger partial charge in [0.25, 0.3) is 5.91 Å². The van der Waals surface area contributed by atoms with Gasteiger partial charge in [-0.1, -0.05) is 17.7 Å². The van der Waals surface area contributed by atoms with Crippen molar-refractivity contribution in [3.05, 3.63) is 65.5 Å². The van der Waals surface area contributed by atoms with Gasteiger partial charge in [-0.3, -0.25) is 9.59 Å². The molecule has 0 unspecified atom stereocenters. The van der Waals surface area contributed by atoms with E-state index in [-0.39, 0.29) is 18.4 Å². The van der Waals surface area contributed by atoms with Crippen molar-refractivity contribution in [3.8, 4) is 23.0 Å². The minimum Gasteiger partial charge on any atom is -0.493 e. The third kappa shape index (κ3) is 5.85. The molecule has 0 aliphatic heterocycles. The van der Waals surface area contributed by atoms with Crippen LogP contribution < -0.4 is 20.1 Å². The topological polar surface area (TPSA) is 103 Å². The van der Waals surface area contributed by atoms with E-state index >= 15 is 0 Å². The third-order valence-electron chi connectivity index (χ3n) is 4.61. The predicted octanol–water partition coefficient (Wildman–Crippen LogP) is 2.76. The van der Waals surface area contributed by atoms with Gasteiger partial charge in [-0.15, -0.1) is 0 Å². The molecular formula is C23H25N3O5. The Hall–Kier alpha value is -3.81. The normalized spacial score (nSPS) is 10.4. The highest BCUT2D eigenvalue weighted by Crippen LogP contribution is 2.27. The zero-order valence-corrected chi connectivity index (χ0v) is 17.7. The van der Waals surface area contributed by atoms with E-state index in [1.54, 1.807) is 24.5 Å². The lowest BCUT2D eigenvalue weighted by Crippen LogP contribution is -2.37. The van der Waals surface area contributed by atoms with Gasteiger partial charge in [-0.25, -0.2) is 4.98 Å². The number of amides is 2. The van der Waals surface area contributed by atoms with E-state index in [2.05, 4.69) is 15.6 Å². The molecule has 0 saturated carbocycles. The Labute approximate surface area is 180 Å². The van der Waals surface area contributed by atoms with Crippen LogP contribution in [-0.2, 0) is 11.2 Å². The van der Waals surface area contributed by atoms with E-state index in [4.69, 9.17) is 13.9 Å². The maximum absolute atomic E-state index is 12.3. The van der Waals surface area contributed by atoms with Gasteiger partial charge in [0, 0.05) is 24.1 Å². The summed E-state index contributed by atoms with van der Waals surface area (Å²) >= 11 is 0. The number of rotatable bonds is 9. The van der Waals surface area contributed by atoms with Gasteiger partial charge in [0.1, 0.15) is 6.26 Å². The molecule has 3 aromatic rings. The van der Waals surface area contributed by atoms with Crippen molar-refractivity contribution >= 4 is 11.8 Å². The summed E-state index contributed by atoms with van der Waals surface area (Å²) in [5, 5.41) is 5.34. The van der Waals surface area contributed by atoms with E-state index in [0.717, 1.165) is 16.8 Å². The number of hydrogen-bond donors (Lipinski definition) is 2. The number of hydrogen-bond acceptors (Lipinski definition) is 6. The molecule has 0 atom stereocenters. The van der Waals surface area contributed by atoms with Gasteiger partial charge in [0.05, 0.1) is 26.5 Å². The average Bonchev–Trinajstić information content (AvgIpc) is 3.26. The summed E-state index contributed by atoms with van der Waals surface area (Å²) < 4.78 is 15.8. The van der Waals surface area contributed by atoms with Crippen LogP contribution >= 0.6 is 0 Å². The molecule has 1 heterocycles. The minimum atomic E-state index is -0.379. The summed E-state index contributed by atoms with van der Waals surface area (Å²) in [4.78, 5) is 28.7. The second-order valence-corrected chi connectivity index (χ2v) is 6.86. The van der Waals surface area contributed by atoms with Crippen LogP contribution in [0.25, 0.3) is 11.5 Å². The smallest absolute Gasteiger partial charge is 0.251 e. The molecular weight excluding hydrogens is 398 g/mol. The maximum atomic E-state index is 12.3. The van der Waals surface area contributed by atoms with Gasteiger partial charge in [-0.2, -0.15) is 0 Å². The molecule has 0 aliphatic rings. The molecule has 0 aliphatic carbocycles. The van der Waals surface area contributed by atoms with Gasteiger partial charge in [0.15, 0.2) is 11.5 Å². The van der Waals surface area contributed by atoms with Crippen LogP contribution in [0.5, 0.6) is 11.5 Å². The van der Waals surface area contributed by atoms with Crippen molar-refractivity contribution in [2.45, 2.75) is 13.3 Å². The van der Waals surface area contributed by atoms with Crippen molar-refractivity contribution in [3.63, 3.8) is 0 Å². The van der Waals surface area contributed by atoms with Crippen LogP contribution in [0.4, 0.5) is 0 Å². The fraction of sp³-hybridized carbons (Fsp3) is 0.261. The van der Waals surface area contributed by atoms with Crippen molar-refractivity contribution in [2.24, 2.45) is 0 Å². The van der Waals surface area contributed by atoms with Crippen molar-refractivity contribution < 1.29 is 23.5 Å². The van der Waals surface area contributed by atoms with E-state index in [0.29, 0.717) is 35.9 Å². The second kappa shape index (κ2) is 10.3. The Morgan fingerprint density at radius 1 is 1.00 bits per heavy atom. The van der Waals surface area contributed by atoms with Crippen molar-refractivity contribution in [1.29, 1.82) is 0 Å². The first-order valence-corrected chi connectivity index (χ1v) is 9.78.